The summed E-state index contributed by atoms with van der Waals surface area (Å²) in [4.78, 5) is 32.7. The number of amides is 2. The number of carboxylic acids is 1. The van der Waals surface area contributed by atoms with Gasteiger partial charge in [0.05, 0.1) is 13.0 Å². The Bertz CT molecular complexity index is 306. The second-order valence-corrected chi connectivity index (χ2v) is 4.14. The van der Waals surface area contributed by atoms with Crippen molar-refractivity contribution >= 4 is 18.0 Å². The molecule has 0 saturated carbocycles. The van der Waals surface area contributed by atoms with Crippen molar-refractivity contribution in [1.29, 1.82) is 0 Å². The fraction of sp³-hybridized carbons (Fsp3) is 0.750. The van der Waals surface area contributed by atoms with Gasteiger partial charge in [-0.25, -0.2) is 4.79 Å². The summed E-state index contributed by atoms with van der Waals surface area (Å²) in [7, 11) is 0. The summed E-state index contributed by atoms with van der Waals surface area (Å²) in [6.45, 7) is 4.06. The van der Waals surface area contributed by atoms with Gasteiger partial charge in [0.1, 0.15) is 0 Å². The molecule has 1 unspecified atom stereocenters. The van der Waals surface area contributed by atoms with E-state index in [9.17, 15) is 14.4 Å². The smallest absolute Gasteiger partial charge is 0.315 e. The number of urea groups is 1. The Morgan fingerprint density at radius 2 is 1.95 bits per heavy atom. The van der Waals surface area contributed by atoms with Crippen molar-refractivity contribution in [1.82, 2.24) is 10.6 Å². The van der Waals surface area contributed by atoms with Gasteiger partial charge in [0.25, 0.3) is 0 Å². The first-order valence-corrected chi connectivity index (χ1v) is 6.37. The Morgan fingerprint density at radius 1 is 1.26 bits per heavy atom. The molecule has 0 saturated heterocycles. The summed E-state index contributed by atoms with van der Waals surface area (Å²) < 4.78 is 4.71. The van der Waals surface area contributed by atoms with Crippen LogP contribution >= 0.6 is 0 Å². The number of carboxylic acid groups (broad SMARTS) is 1. The number of rotatable bonds is 9. The van der Waals surface area contributed by atoms with Crippen LogP contribution in [0.1, 0.15) is 39.5 Å². The molecular weight excluding hydrogens is 252 g/mol. The lowest BCUT2D eigenvalue weighted by molar-refractivity contribution is -0.143. The zero-order valence-electron chi connectivity index (χ0n) is 11.4. The third-order valence-corrected chi connectivity index (χ3v) is 2.33. The highest BCUT2D eigenvalue weighted by molar-refractivity contribution is 5.75. The molecule has 7 heteroatoms. The predicted molar refractivity (Wildman–Crippen MR) is 68.7 cm³/mol. The Morgan fingerprint density at radius 3 is 2.53 bits per heavy atom. The number of carbonyl (C=O) groups excluding carboxylic acids is 2. The van der Waals surface area contributed by atoms with Crippen molar-refractivity contribution in [3.8, 4) is 0 Å². The van der Waals surface area contributed by atoms with Gasteiger partial charge in [0.2, 0.25) is 0 Å². The van der Waals surface area contributed by atoms with E-state index in [0.29, 0.717) is 19.4 Å². The summed E-state index contributed by atoms with van der Waals surface area (Å²) >= 11 is 0. The average molecular weight is 274 g/mol. The third-order valence-electron chi connectivity index (χ3n) is 2.33. The molecule has 0 spiro atoms. The third kappa shape index (κ3) is 11.1. The lowest BCUT2D eigenvalue weighted by Crippen LogP contribution is -2.41. The minimum Gasteiger partial charge on any atom is -0.481 e. The van der Waals surface area contributed by atoms with Crippen LogP contribution in [0.2, 0.25) is 0 Å². The molecule has 0 rings (SSSR count). The Kier molecular flexibility index (Phi) is 9.20. The fourth-order valence-corrected chi connectivity index (χ4v) is 1.42. The highest BCUT2D eigenvalue weighted by atomic mass is 16.5. The van der Waals surface area contributed by atoms with Crippen molar-refractivity contribution < 1.29 is 24.2 Å². The van der Waals surface area contributed by atoms with Crippen LogP contribution in [-0.2, 0) is 14.3 Å². The molecule has 0 aliphatic rings. The van der Waals surface area contributed by atoms with Gasteiger partial charge in [-0.15, -0.1) is 0 Å². The molecule has 3 N–H and O–H groups in total. The number of ether oxygens (including phenoxy) is 1. The number of hydrogen-bond acceptors (Lipinski definition) is 4. The van der Waals surface area contributed by atoms with Gasteiger partial charge in [-0.2, -0.15) is 0 Å². The molecule has 0 heterocycles. The Labute approximate surface area is 112 Å². The fourth-order valence-electron chi connectivity index (χ4n) is 1.42. The van der Waals surface area contributed by atoms with Crippen LogP contribution in [0, 0.1) is 0 Å². The summed E-state index contributed by atoms with van der Waals surface area (Å²) in [5, 5.41) is 13.7. The number of carbonyl (C=O) groups is 3. The zero-order valence-corrected chi connectivity index (χ0v) is 11.4. The van der Waals surface area contributed by atoms with Gasteiger partial charge >= 0.3 is 18.0 Å². The molecule has 0 aliphatic heterocycles. The number of aliphatic carboxylic acids is 1. The van der Waals surface area contributed by atoms with Gasteiger partial charge < -0.3 is 20.5 Å². The molecule has 0 fully saturated rings. The van der Waals surface area contributed by atoms with Crippen molar-refractivity contribution in [2.45, 2.75) is 45.6 Å². The maximum atomic E-state index is 11.4. The molecule has 110 valence electrons. The second-order valence-electron chi connectivity index (χ2n) is 4.14. The maximum Gasteiger partial charge on any atom is 0.315 e. The molecule has 0 radical (unpaired) electrons. The monoisotopic (exact) mass is 274 g/mol. The van der Waals surface area contributed by atoms with Crippen molar-refractivity contribution in [2.24, 2.45) is 0 Å². The molecule has 0 aromatic rings. The summed E-state index contributed by atoms with van der Waals surface area (Å²) in [6, 6.07) is -0.478. The van der Waals surface area contributed by atoms with Crippen LogP contribution in [0.4, 0.5) is 4.79 Å². The van der Waals surface area contributed by atoms with Crippen LogP contribution in [0.5, 0.6) is 0 Å². The van der Waals surface area contributed by atoms with E-state index in [1.807, 2.05) is 0 Å². The van der Waals surface area contributed by atoms with E-state index in [1.54, 1.807) is 13.8 Å². The van der Waals surface area contributed by atoms with Gasteiger partial charge in [0.15, 0.2) is 0 Å². The lowest BCUT2D eigenvalue weighted by atomic mass is 10.1. The van der Waals surface area contributed by atoms with Crippen LogP contribution in [-0.4, -0.2) is 42.3 Å². The molecule has 7 nitrogen and oxygen atoms in total. The summed E-state index contributed by atoms with van der Waals surface area (Å²) in [5.74, 6) is -1.19. The van der Waals surface area contributed by atoms with Crippen molar-refractivity contribution in [2.75, 3.05) is 13.2 Å². The lowest BCUT2D eigenvalue weighted by Gasteiger charge is -2.13. The van der Waals surface area contributed by atoms with Crippen LogP contribution < -0.4 is 10.6 Å². The quantitative estimate of drug-likeness (QED) is 0.541. The first-order valence-electron chi connectivity index (χ1n) is 6.37. The largest absolute Gasteiger partial charge is 0.481 e. The summed E-state index contributed by atoms with van der Waals surface area (Å²) in [5.41, 5.74) is 0. The molecule has 2 amide bonds. The molecule has 0 aliphatic carbocycles. The van der Waals surface area contributed by atoms with Crippen LogP contribution in [0.3, 0.4) is 0 Å². The molecule has 0 aromatic heterocycles. The minimum atomic E-state index is -0.842. The Balaban J connectivity index is 3.62. The molecule has 19 heavy (non-hydrogen) atoms. The van der Waals surface area contributed by atoms with E-state index < -0.39 is 5.97 Å². The van der Waals surface area contributed by atoms with Gasteiger partial charge in [-0.3, -0.25) is 9.59 Å². The molecular formula is C12H22N2O5. The van der Waals surface area contributed by atoms with Gasteiger partial charge in [0, 0.05) is 19.0 Å². The molecule has 1 atom stereocenters. The molecule has 0 aromatic carbocycles. The van der Waals surface area contributed by atoms with E-state index in [4.69, 9.17) is 9.84 Å². The van der Waals surface area contributed by atoms with Crippen LogP contribution in [0.15, 0.2) is 0 Å². The number of nitrogens with one attached hydrogen (secondary N) is 2. The molecule has 0 bridgehead atoms. The van der Waals surface area contributed by atoms with Crippen LogP contribution in [0.25, 0.3) is 0 Å². The van der Waals surface area contributed by atoms with E-state index in [0.717, 1.165) is 0 Å². The van der Waals surface area contributed by atoms with Crippen molar-refractivity contribution in [3.05, 3.63) is 0 Å². The Hall–Kier alpha value is -1.79. The highest BCUT2D eigenvalue weighted by Gasteiger charge is 2.08. The summed E-state index contributed by atoms with van der Waals surface area (Å²) in [6.07, 6.45) is 1.34. The van der Waals surface area contributed by atoms with E-state index >= 15 is 0 Å². The minimum absolute atomic E-state index is 0.0937. The predicted octanol–water partition coefficient (Wildman–Crippen LogP) is 0.882. The van der Waals surface area contributed by atoms with E-state index in [-0.39, 0.29) is 37.4 Å². The van der Waals surface area contributed by atoms with Crippen molar-refractivity contribution in [3.63, 3.8) is 0 Å². The maximum absolute atomic E-state index is 11.4. The SMILES string of the molecule is CCOC(=O)CCNC(=O)NC(C)CCCC(=O)O. The highest BCUT2D eigenvalue weighted by Crippen LogP contribution is 2.00. The normalized spacial score (nSPS) is 11.5. The number of hydrogen-bond donors (Lipinski definition) is 3. The number of esters is 1. The zero-order chi connectivity index (χ0) is 14.7. The van der Waals surface area contributed by atoms with Gasteiger partial charge in [-0.05, 0) is 26.7 Å². The first kappa shape index (κ1) is 17.2. The first-order chi connectivity index (χ1) is 8.95. The van der Waals surface area contributed by atoms with E-state index in [1.165, 1.54) is 0 Å². The van der Waals surface area contributed by atoms with Gasteiger partial charge in [-0.1, -0.05) is 0 Å². The van der Waals surface area contributed by atoms with E-state index in [2.05, 4.69) is 10.6 Å². The standard InChI is InChI=1S/C12H22N2O5/c1-3-19-11(17)7-8-13-12(18)14-9(2)5-4-6-10(15)16/h9H,3-8H2,1-2H3,(H,15,16)(H2,13,14,18). The second kappa shape index (κ2) is 10.2. The topological polar surface area (TPSA) is 105 Å². The average Bonchev–Trinajstić information content (AvgIpc) is 2.28.